The normalized spacial score (nSPS) is 22.9. The van der Waals surface area contributed by atoms with Crippen molar-refractivity contribution < 1.29 is 8.42 Å². The third-order valence-corrected chi connectivity index (χ3v) is 6.24. The third-order valence-electron chi connectivity index (χ3n) is 3.69. The second kappa shape index (κ2) is 6.62. The summed E-state index contributed by atoms with van der Waals surface area (Å²) in [5.41, 5.74) is 3.59. The zero-order valence-electron chi connectivity index (χ0n) is 11.0. The molecule has 2 unspecified atom stereocenters. The summed E-state index contributed by atoms with van der Waals surface area (Å²) in [5.74, 6) is 6.27. The number of hydrazine groups is 1. The van der Waals surface area contributed by atoms with Crippen molar-refractivity contribution in [1.82, 2.24) is 5.43 Å². The highest BCUT2D eigenvalue weighted by Gasteiger charge is 2.29. The van der Waals surface area contributed by atoms with Crippen LogP contribution in [-0.2, 0) is 16.3 Å². The molecule has 1 saturated heterocycles. The van der Waals surface area contributed by atoms with Gasteiger partial charge in [-0.15, -0.1) is 0 Å². The van der Waals surface area contributed by atoms with Gasteiger partial charge in [-0.2, -0.15) is 0 Å². The fourth-order valence-corrected chi connectivity index (χ4v) is 5.08. The summed E-state index contributed by atoms with van der Waals surface area (Å²) in [7, 11) is -2.86. The first kappa shape index (κ1) is 16.0. The van der Waals surface area contributed by atoms with Crippen molar-refractivity contribution in [1.29, 1.82) is 0 Å². The van der Waals surface area contributed by atoms with Gasteiger partial charge in [0.15, 0.2) is 9.84 Å². The summed E-state index contributed by atoms with van der Waals surface area (Å²) in [4.78, 5) is 0. The molecule has 1 fully saturated rings. The van der Waals surface area contributed by atoms with Crippen molar-refractivity contribution >= 4 is 33.0 Å². The van der Waals surface area contributed by atoms with Crippen molar-refractivity contribution in [3.63, 3.8) is 0 Å². The number of halogens is 2. The highest BCUT2D eigenvalue weighted by atomic mass is 35.5. The number of sulfone groups is 1. The SMILES string of the molecule is NNC(Cc1c(Cl)cccc1Cl)CC1CCS(=O)(=O)C1. The third kappa shape index (κ3) is 4.09. The molecule has 0 saturated carbocycles. The van der Waals surface area contributed by atoms with Crippen molar-refractivity contribution in [2.75, 3.05) is 11.5 Å². The van der Waals surface area contributed by atoms with Gasteiger partial charge in [-0.25, -0.2) is 8.42 Å². The minimum Gasteiger partial charge on any atom is -0.271 e. The fourth-order valence-electron chi connectivity index (χ4n) is 2.64. The predicted molar refractivity (Wildman–Crippen MR) is 82.7 cm³/mol. The van der Waals surface area contributed by atoms with E-state index in [0.717, 1.165) is 5.56 Å². The maximum atomic E-state index is 11.5. The van der Waals surface area contributed by atoms with Gasteiger partial charge in [0.2, 0.25) is 0 Å². The number of benzene rings is 1. The van der Waals surface area contributed by atoms with Gasteiger partial charge in [-0.1, -0.05) is 29.3 Å². The van der Waals surface area contributed by atoms with Crippen LogP contribution in [0.25, 0.3) is 0 Å². The standard InChI is InChI=1S/C13H18Cl2N2O2S/c14-12-2-1-3-13(15)11(12)7-10(17-16)6-9-4-5-20(18,19)8-9/h1-3,9-10,17H,4-8,16H2. The Kier molecular flexibility index (Phi) is 5.31. The summed E-state index contributed by atoms with van der Waals surface area (Å²) in [5, 5.41) is 1.22. The Labute approximate surface area is 129 Å². The molecule has 7 heteroatoms. The van der Waals surface area contributed by atoms with E-state index in [1.807, 2.05) is 0 Å². The van der Waals surface area contributed by atoms with E-state index in [1.54, 1.807) is 18.2 Å². The second-order valence-corrected chi connectivity index (χ2v) is 8.32. The lowest BCUT2D eigenvalue weighted by Crippen LogP contribution is -2.38. The van der Waals surface area contributed by atoms with Gasteiger partial charge in [0.1, 0.15) is 0 Å². The van der Waals surface area contributed by atoms with E-state index in [1.165, 1.54) is 0 Å². The summed E-state index contributed by atoms with van der Waals surface area (Å²) >= 11 is 12.3. The molecule has 1 aromatic rings. The van der Waals surface area contributed by atoms with Gasteiger partial charge in [0, 0.05) is 16.1 Å². The largest absolute Gasteiger partial charge is 0.271 e. The number of hydrogen-bond donors (Lipinski definition) is 2. The molecule has 0 bridgehead atoms. The molecule has 20 heavy (non-hydrogen) atoms. The molecular weight excluding hydrogens is 319 g/mol. The minimum atomic E-state index is -2.86. The molecule has 4 nitrogen and oxygen atoms in total. The Morgan fingerprint density at radius 3 is 2.50 bits per heavy atom. The first-order chi connectivity index (χ1) is 9.41. The number of nitrogens with two attached hydrogens (primary N) is 1. The highest BCUT2D eigenvalue weighted by molar-refractivity contribution is 7.91. The average Bonchev–Trinajstić information content (AvgIpc) is 2.72. The van der Waals surface area contributed by atoms with Crippen molar-refractivity contribution in [3.8, 4) is 0 Å². The number of hydrogen-bond acceptors (Lipinski definition) is 4. The fraction of sp³-hybridized carbons (Fsp3) is 0.538. The molecular formula is C13H18Cl2N2O2S. The zero-order chi connectivity index (χ0) is 14.8. The smallest absolute Gasteiger partial charge is 0.150 e. The van der Waals surface area contributed by atoms with Gasteiger partial charge >= 0.3 is 0 Å². The van der Waals surface area contributed by atoms with Crippen LogP contribution >= 0.6 is 23.2 Å². The highest BCUT2D eigenvalue weighted by Crippen LogP contribution is 2.28. The van der Waals surface area contributed by atoms with E-state index in [2.05, 4.69) is 5.43 Å². The lowest BCUT2D eigenvalue weighted by atomic mass is 9.95. The summed E-state index contributed by atoms with van der Waals surface area (Å²) < 4.78 is 23.0. The van der Waals surface area contributed by atoms with Crippen LogP contribution in [0.15, 0.2) is 18.2 Å². The Morgan fingerprint density at radius 1 is 1.35 bits per heavy atom. The van der Waals surface area contributed by atoms with E-state index in [-0.39, 0.29) is 23.5 Å². The van der Waals surface area contributed by atoms with Crippen LogP contribution in [0, 0.1) is 5.92 Å². The van der Waals surface area contributed by atoms with Gasteiger partial charge < -0.3 is 0 Å². The Bertz CT molecular complexity index is 557. The van der Waals surface area contributed by atoms with Crippen LogP contribution in [0.4, 0.5) is 0 Å². The van der Waals surface area contributed by atoms with Crippen LogP contribution in [0.5, 0.6) is 0 Å². The molecule has 3 N–H and O–H groups in total. The van der Waals surface area contributed by atoms with Gasteiger partial charge in [0.25, 0.3) is 0 Å². The molecule has 112 valence electrons. The monoisotopic (exact) mass is 336 g/mol. The quantitative estimate of drug-likeness (QED) is 0.638. The molecule has 0 radical (unpaired) electrons. The van der Waals surface area contributed by atoms with E-state index in [9.17, 15) is 8.42 Å². The molecule has 1 aliphatic heterocycles. The summed E-state index contributed by atoms with van der Waals surface area (Å²) in [6.45, 7) is 0. The molecule has 1 aliphatic rings. The summed E-state index contributed by atoms with van der Waals surface area (Å²) in [6, 6.07) is 5.33. The minimum absolute atomic E-state index is 0.0364. The lowest BCUT2D eigenvalue weighted by molar-refractivity contribution is 0.408. The molecule has 0 spiro atoms. The Hall–Kier alpha value is -0.330. The van der Waals surface area contributed by atoms with Gasteiger partial charge in [-0.3, -0.25) is 11.3 Å². The second-order valence-electron chi connectivity index (χ2n) is 5.27. The zero-order valence-corrected chi connectivity index (χ0v) is 13.3. The molecule has 2 atom stereocenters. The number of nitrogens with one attached hydrogen (secondary N) is 1. The van der Waals surface area contributed by atoms with E-state index < -0.39 is 9.84 Å². The van der Waals surface area contributed by atoms with Crippen molar-refractivity contribution in [2.45, 2.75) is 25.3 Å². The molecule has 0 aromatic heterocycles. The van der Waals surface area contributed by atoms with Crippen LogP contribution in [0.3, 0.4) is 0 Å². The maximum Gasteiger partial charge on any atom is 0.150 e. The Morgan fingerprint density at radius 2 is 2.00 bits per heavy atom. The Balaban J connectivity index is 2.03. The molecule has 0 aliphatic carbocycles. The lowest BCUT2D eigenvalue weighted by Gasteiger charge is -2.20. The van der Waals surface area contributed by atoms with Crippen LogP contribution in [0.1, 0.15) is 18.4 Å². The molecule has 2 rings (SSSR count). The molecule has 0 amide bonds. The van der Waals surface area contributed by atoms with Gasteiger partial charge in [-0.05, 0) is 42.9 Å². The van der Waals surface area contributed by atoms with E-state index in [4.69, 9.17) is 29.0 Å². The van der Waals surface area contributed by atoms with Crippen molar-refractivity contribution in [2.24, 2.45) is 11.8 Å². The van der Waals surface area contributed by atoms with Gasteiger partial charge in [0.05, 0.1) is 11.5 Å². The van der Waals surface area contributed by atoms with Crippen LogP contribution < -0.4 is 11.3 Å². The topological polar surface area (TPSA) is 72.2 Å². The number of rotatable bonds is 5. The van der Waals surface area contributed by atoms with E-state index in [0.29, 0.717) is 29.3 Å². The molecule has 1 heterocycles. The first-order valence-electron chi connectivity index (χ1n) is 6.50. The summed E-state index contributed by atoms with van der Waals surface area (Å²) in [6.07, 6.45) is 2.00. The van der Waals surface area contributed by atoms with Crippen molar-refractivity contribution in [3.05, 3.63) is 33.8 Å². The van der Waals surface area contributed by atoms with Crippen LogP contribution in [-0.4, -0.2) is 26.0 Å². The van der Waals surface area contributed by atoms with Crippen LogP contribution in [0.2, 0.25) is 10.0 Å². The first-order valence-corrected chi connectivity index (χ1v) is 9.08. The average molecular weight is 337 g/mol. The predicted octanol–water partition coefficient (Wildman–Crippen LogP) is 2.19. The maximum absolute atomic E-state index is 11.5. The van der Waals surface area contributed by atoms with E-state index >= 15 is 0 Å². The molecule has 1 aromatic carbocycles.